The maximum absolute atomic E-state index is 12.4. The largest absolute Gasteiger partial charge is 0.339 e. The van der Waals surface area contributed by atoms with Gasteiger partial charge in [-0.2, -0.15) is 0 Å². The number of rotatable bonds is 4. The lowest BCUT2D eigenvalue weighted by atomic mass is 10.3. The summed E-state index contributed by atoms with van der Waals surface area (Å²) in [6.45, 7) is 1.72. The third kappa shape index (κ3) is 4.47. The smallest absolute Gasteiger partial charge is 0.274 e. The van der Waals surface area contributed by atoms with Crippen molar-refractivity contribution >= 4 is 46.3 Å². The van der Waals surface area contributed by atoms with Crippen molar-refractivity contribution in [1.82, 2.24) is 9.97 Å². The second-order valence-corrected chi connectivity index (χ2v) is 6.10. The molecule has 126 valence electrons. The first-order valence-electron chi connectivity index (χ1n) is 7.45. The van der Waals surface area contributed by atoms with Crippen molar-refractivity contribution in [3.05, 3.63) is 76.2 Å². The van der Waals surface area contributed by atoms with E-state index in [2.05, 4.69) is 20.6 Å². The first-order valence-corrected chi connectivity index (χ1v) is 8.21. The van der Waals surface area contributed by atoms with E-state index in [0.29, 0.717) is 33.1 Å². The third-order valence-corrected chi connectivity index (χ3v) is 3.89. The Hall–Kier alpha value is -2.63. The molecular formula is C18H14Cl2N4O. The molecule has 2 N–H and O–H groups in total. The second-order valence-electron chi connectivity index (χ2n) is 5.25. The van der Waals surface area contributed by atoms with Crippen LogP contribution in [-0.4, -0.2) is 15.9 Å². The van der Waals surface area contributed by atoms with E-state index in [1.54, 1.807) is 43.3 Å². The molecule has 0 bridgehead atoms. The molecule has 0 saturated heterocycles. The Bertz CT molecular complexity index is 913. The summed E-state index contributed by atoms with van der Waals surface area (Å²) >= 11 is 12.0. The number of nitrogens with one attached hydrogen (secondary N) is 2. The number of hydrogen-bond acceptors (Lipinski definition) is 4. The zero-order valence-electron chi connectivity index (χ0n) is 13.3. The molecule has 0 aliphatic heterocycles. The lowest BCUT2D eigenvalue weighted by Crippen LogP contribution is -2.15. The van der Waals surface area contributed by atoms with Gasteiger partial charge in [0.2, 0.25) is 0 Å². The van der Waals surface area contributed by atoms with Gasteiger partial charge in [0, 0.05) is 16.8 Å². The monoisotopic (exact) mass is 372 g/mol. The van der Waals surface area contributed by atoms with Crippen LogP contribution in [0.1, 0.15) is 16.3 Å². The quantitative estimate of drug-likeness (QED) is 0.669. The number of amides is 1. The van der Waals surface area contributed by atoms with E-state index in [-0.39, 0.29) is 11.6 Å². The molecule has 7 heteroatoms. The topological polar surface area (TPSA) is 66.9 Å². The number of hydrogen-bond donors (Lipinski definition) is 2. The molecule has 0 fully saturated rings. The Kier molecular flexibility index (Phi) is 5.16. The van der Waals surface area contributed by atoms with Crippen molar-refractivity contribution in [1.29, 1.82) is 0 Å². The van der Waals surface area contributed by atoms with Crippen LogP contribution in [0.5, 0.6) is 0 Å². The fraction of sp³-hybridized carbons (Fsp3) is 0.0556. The van der Waals surface area contributed by atoms with Crippen LogP contribution in [0.15, 0.2) is 54.6 Å². The molecule has 5 nitrogen and oxygen atoms in total. The Morgan fingerprint density at radius 3 is 2.44 bits per heavy atom. The molecular weight excluding hydrogens is 359 g/mol. The van der Waals surface area contributed by atoms with Crippen LogP contribution in [-0.2, 0) is 0 Å². The minimum Gasteiger partial charge on any atom is -0.339 e. The van der Waals surface area contributed by atoms with Gasteiger partial charge in [-0.1, -0.05) is 35.3 Å². The highest BCUT2D eigenvalue weighted by Crippen LogP contribution is 2.24. The molecule has 25 heavy (non-hydrogen) atoms. The summed E-state index contributed by atoms with van der Waals surface area (Å²) in [6, 6.07) is 15.7. The lowest BCUT2D eigenvalue weighted by molar-refractivity contribution is 0.102. The van der Waals surface area contributed by atoms with Crippen LogP contribution in [0.4, 0.5) is 17.2 Å². The van der Waals surface area contributed by atoms with E-state index >= 15 is 0 Å². The first-order chi connectivity index (χ1) is 12.0. The number of carbonyl (C=O) groups excluding carboxylic acids is 1. The van der Waals surface area contributed by atoms with Crippen LogP contribution in [0, 0.1) is 6.92 Å². The number of carbonyl (C=O) groups is 1. The summed E-state index contributed by atoms with van der Waals surface area (Å²) in [5.41, 5.74) is 1.58. The minimum absolute atomic E-state index is 0.247. The maximum atomic E-state index is 12.4. The summed E-state index contributed by atoms with van der Waals surface area (Å²) < 4.78 is 0. The molecule has 0 aliphatic rings. The molecule has 3 rings (SSSR count). The summed E-state index contributed by atoms with van der Waals surface area (Å²) in [6.07, 6.45) is 0. The fourth-order valence-electron chi connectivity index (χ4n) is 2.18. The summed E-state index contributed by atoms with van der Waals surface area (Å²) in [4.78, 5) is 20.9. The maximum Gasteiger partial charge on any atom is 0.274 e. The van der Waals surface area contributed by atoms with E-state index in [0.717, 1.165) is 0 Å². The molecule has 0 unspecified atom stereocenters. The van der Waals surface area contributed by atoms with Crippen LogP contribution in [0.2, 0.25) is 10.0 Å². The molecule has 1 aromatic heterocycles. The molecule has 0 saturated carbocycles. The van der Waals surface area contributed by atoms with Crippen molar-refractivity contribution in [2.24, 2.45) is 0 Å². The Balaban J connectivity index is 1.82. The zero-order valence-corrected chi connectivity index (χ0v) is 14.8. The Labute approximate surface area is 155 Å². The average Bonchev–Trinajstić information content (AvgIpc) is 2.58. The predicted octanol–water partition coefficient (Wildman–Crippen LogP) is 5.09. The minimum atomic E-state index is -0.338. The van der Waals surface area contributed by atoms with Crippen molar-refractivity contribution in [3.63, 3.8) is 0 Å². The molecule has 0 aliphatic carbocycles. The first kappa shape index (κ1) is 17.2. The summed E-state index contributed by atoms with van der Waals surface area (Å²) in [7, 11) is 0. The van der Waals surface area contributed by atoms with Gasteiger partial charge in [0.25, 0.3) is 5.91 Å². The molecule has 3 aromatic rings. The number of para-hydroxylation sites is 1. The van der Waals surface area contributed by atoms with Gasteiger partial charge in [-0.25, -0.2) is 9.97 Å². The number of aryl methyl sites for hydroxylation is 1. The number of halogens is 2. The van der Waals surface area contributed by atoms with Gasteiger partial charge < -0.3 is 10.6 Å². The average molecular weight is 373 g/mol. The highest BCUT2D eigenvalue weighted by Gasteiger charge is 2.12. The van der Waals surface area contributed by atoms with Gasteiger partial charge in [0.05, 0.1) is 10.7 Å². The number of aromatic nitrogens is 2. The predicted molar refractivity (Wildman–Crippen MR) is 101 cm³/mol. The van der Waals surface area contributed by atoms with E-state index < -0.39 is 0 Å². The van der Waals surface area contributed by atoms with Crippen molar-refractivity contribution < 1.29 is 4.79 Å². The molecule has 2 aromatic carbocycles. The summed E-state index contributed by atoms with van der Waals surface area (Å²) in [5, 5.41) is 7.03. The lowest BCUT2D eigenvalue weighted by Gasteiger charge is -2.10. The van der Waals surface area contributed by atoms with E-state index in [4.69, 9.17) is 23.2 Å². The molecule has 0 spiro atoms. The van der Waals surface area contributed by atoms with E-state index in [9.17, 15) is 4.79 Å². The summed E-state index contributed by atoms with van der Waals surface area (Å²) in [5.74, 6) is 0.621. The fourth-order valence-corrected chi connectivity index (χ4v) is 2.49. The van der Waals surface area contributed by atoms with Gasteiger partial charge in [-0.15, -0.1) is 0 Å². The number of anilines is 3. The van der Waals surface area contributed by atoms with Gasteiger partial charge >= 0.3 is 0 Å². The SMILES string of the molecule is Cc1nc(Nc2ccccc2Cl)cc(C(=O)Nc2ccc(Cl)cc2)n1. The van der Waals surface area contributed by atoms with E-state index in [1.807, 2.05) is 18.2 Å². The molecule has 1 heterocycles. The Morgan fingerprint density at radius 2 is 1.72 bits per heavy atom. The number of nitrogens with zero attached hydrogens (tertiary/aromatic N) is 2. The third-order valence-electron chi connectivity index (χ3n) is 3.31. The van der Waals surface area contributed by atoms with Gasteiger partial charge in [0.15, 0.2) is 0 Å². The Morgan fingerprint density at radius 1 is 1.00 bits per heavy atom. The number of benzene rings is 2. The van der Waals surface area contributed by atoms with Crippen molar-refractivity contribution in [2.45, 2.75) is 6.92 Å². The van der Waals surface area contributed by atoms with Crippen LogP contribution in [0.3, 0.4) is 0 Å². The molecule has 0 radical (unpaired) electrons. The highest BCUT2D eigenvalue weighted by molar-refractivity contribution is 6.33. The van der Waals surface area contributed by atoms with Gasteiger partial charge in [-0.3, -0.25) is 4.79 Å². The van der Waals surface area contributed by atoms with Crippen molar-refractivity contribution in [2.75, 3.05) is 10.6 Å². The van der Waals surface area contributed by atoms with Crippen LogP contribution < -0.4 is 10.6 Å². The standard InChI is InChI=1S/C18H14Cl2N4O/c1-11-21-16(18(25)23-13-8-6-12(19)7-9-13)10-17(22-11)24-15-5-3-2-4-14(15)20/h2-10H,1H3,(H,23,25)(H,21,22,24). The second kappa shape index (κ2) is 7.51. The molecule has 1 amide bonds. The van der Waals surface area contributed by atoms with Crippen LogP contribution in [0.25, 0.3) is 0 Å². The highest BCUT2D eigenvalue weighted by atomic mass is 35.5. The van der Waals surface area contributed by atoms with Crippen LogP contribution >= 0.6 is 23.2 Å². The van der Waals surface area contributed by atoms with Crippen molar-refractivity contribution in [3.8, 4) is 0 Å². The van der Waals surface area contributed by atoms with E-state index in [1.165, 1.54) is 0 Å². The molecule has 0 atom stereocenters. The zero-order chi connectivity index (χ0) is 17.8. The van der Waals surface area contributed by atoms with Gasteiger partial charge in [0.1, 0.15) is 17.3 Å². The normalized spacial score (nSPS) is 10.4. The van der Waals surface area contributed by atoms with Gasteiger partial charge in [-0.05, 0) is 43.3 Å².